The Bertz CT molecular complexity index is 878. The van der Waals surface area contributed by atoms with Crippen LogP contribution in [0.2, 0.25) is 0 Å². The first kappa shape index (κ1) is 39.7. The number of hydrogen-bond donors (Lipinski definition) is 1. The lowest BCUT2D eigenvalue weighted by atomic mass is 9.96. The second-order valence-corrected chi connectivity index (χ2v) is 9.22. The molecule has 1 rings (SSSR count). The van der Waals surface area contributed by atoms with E-state index < -0.39 is 17.7 Å². The van der Waals surface area contributed by atoms with Gasteiger partial charge in [-0.25, -0.2) is 13.8 Å². The summed E-state index contributed by atoms with van der Waals surface area (Å²) >= 11 is 0. The largest absolute Gasteiger partial charge is 0.417 e. The molecule has 9 heteroatoms. The Morgan fingerprint density at radius 1 is 1.00 bits per heavy atom. The van der Waals surface area contributed by atoms with Crippen LogP contribution in [0.25, 0.3) is 0 Å². The van der Waals surface area contributed by atoms with Gasteiger partial charge in [-0.2, -0.15) is 13.2 Å². The summed E-state index contributed by atoms with van der Waals surface area (Å²) in [5, 5.41) is 2.35. The monoisotopic (exact) mass is 548 g/mol. The van der Waals surface area contributed by atoms with E-state index in [-0.39, 0.29) is 29.5 Å². The van der Waals surface area contributed by atoms with Crippen LogP contribution in [-0.4, -0.2) is 22.6 Å². The molecular weight excluding hydrogens is 503 g/mol. The van der Waals surface area contributed by atoms with Gasteiger partial charge in [0.1, 0.15) is 11.6 Å². The number of pyridine rings is 1. The summed E-state index contributed by atoms with van der Waals surface area (Å²) in [6.45, 7) is 21.4. The fourth-order valence-corrected chi connectivity index (χ4v) is 1.81. The summed E-state index contributed by atoms with van der Waals surface area (Å²) in [6, 6.07) is 1.99. The summed E-state index contributed by atoms with van der Waals surface area (Å²) in [7, 11) is 0. The number of nitrogens with zero attached hydrogens (tertiary/aromatic N) is 1. The van der Waals surface area contributed by atoms with Gasteiger partial charge in [0.25, 0.3) is 5.92 Å². The third-order valence-electron chi connectivity index (χ3n) is 5.07. The maximum Gasteiger partial charge on any atom is 0.417 e. The van der Waals surface area contributed by atoms with Crippen LogP contribution in [0.15, 0.2) is 54.3 Å². The molecule has 0 radical (unpaired) electrons. The molecule has 38 heavy (non-hydrogen) atoms. The van der Waals surface area contributed by atoms with E-state index in [0.717, 1.165) is 36.5 Å². The Labute approximate surface area is 225 Å². The van der Waals surface area contributed by atoms with Crippen LogP contribution in [0.3, 0.4) is 0 Å². The molecule has 1 amide bonds. The fraction of sp³-hybridized carbons (Fsp3) is 0.552. The highest BCUT2D eigenvalue weighted by atomic mass is 19.4. The Kier molecular flexibility index (Phi) is 21.1. The minimum Gasteiger partial charge on any atom is -0.311 e. The van der Waals surface area contributed by atoms with Crippen molar-refractivity contribution in [2.24, 2.45) is 11.8 Å². The fourth-order valence-electron chi connectivity index (χ4n) is 1.81. The number of rotatable bonds is 7. The van der Waals surface area contributed by atoms with Crippen LogP contribution >= 0.6 is 0 Å². The Hall–Kier alpha value is -2.84. The van der Waals surface area contributed by atoms with Crippen LogP contribution in [-0.2, 0) is 15.8 Å². The highest BCUT2D eigenvalue weighted by Gasteiger charge is 2.30. The van der Waals surface area contributed by atoms with Gasteiger partial charge >= 0.3 is 6.18 Å². The van der Waals surface area contributed by atoms with Crippen molar-refractivity contribution in [3.05, 3.63) is 59.8 Å². The molecule has 0 aromatic carbocycles. The van der Waals surface area contributed by atoms with E-state index in [1.807, 2.05) is 6.92 Å². The Morgan fingerprint density at radius 2 is 1.50 bits per heavy atom. The van der Waals surface area contributed by atoms with E-state index in [9.17, 15) is 31.5 Å². The summed E-state index contributed by atoms with van der Waals surface area (Å²) in [4.78, 5) is 23.8. The predicted octanol–water partition coefficient (Wildman–Crippen LogP) is 9.45. The second kappa shape index (κ2) is 20.2. The minimum atomic E-state index is -4.40. The lowest BCUT2D eigenvalue weighted by molar-refractivity contribution is -0.137. The van der Waals surface area contributed by atoms with Gasteiger partial charge in [0.15, 0.2) is 0 Å². The van der Waals surface area contributed by atoms with Gasteiger partial charge in [-0.1, -0.05) is 71.4 Å². The first-order valence-electron chi connectivity index (χ1n) is 12.4. The van der Waals surface area contributed by atoms with E-state index >= 15 is 0 Å². The lowest BCUT2D eigenvalue weighted by Gasteiger charge is -2.10. The summed E-state index contributed by atoms with van der Waals surface area (Å²) < 4.78 is 61.5. The van der Waals surface area contributed by atoms with Crippen molar-refractivity contribution in [1.82, 2.24) is 4.98 Å². The summed E-state index contributed by atoms with van der Waals surface area (Å²) in [6.07, 6.45) is 2.51. The molecule has 1 heterocycles. The molecule has 0 saturated heterocycles. The number of aromatic nitrogens is 1. The van der Waals surface area contributed by atoms with Gasteiger partial charge in [-0.3, -0.25) is 4.79 Å². The lowest BCUT2D eigenvalue weighted by Crippen LogP contribution is -2.12. The molecule has 1 unspecified atom stereocenters. The maximum absolute atomic E-state index is 12.5. The number of ketones is 1. The van der Waals surface area contributed by atoms with E-state index in [1.54, 1.807) is 19.1 Å². The van der Waals surface area contributed by atoms with Gasteiger partial charge in [0.2, 0.25) is 5.91 Å². The van der Waals surface area contributed by atoms with E-state index in [4.69, 9.17) is 0 Å². The van der Waals surface area contributed by atoms with Gasteiger partial charge in [-0.05, 0) is 57.2 Å². The number of halogens is 5. The quantitative estimate of drug-likeness (QED) is 0.273. The van der Waals surface area contributed by atoms with Gasteiger partial charge in [0.05, 0.1) is 5.56 Å². The topological polar surface area (TPSA) is 59.1 Å². The molecule has 0 saturated carbocycles. The predicted molar refractivity (Wildman–Crippen MR) is 147 cm³/mol. The molecule has 218 valence electrons. The minimum absolute atomic E-state index is 0.0590. The van der Waals surface area contributed by atoms with E-state index in [2.05, 4.69) is 44.6 Å². The molecular formula is C29H45F5N2O2. The van der Waals surface area contributed by atoms with Crippen LogP contribution in [0.5, 0.6) is 0 Å². The average Bonchev–Trinajstić information content (AvgIpc) is 2.81. The number of allylic oxidation sites excluding steroid dienone is 5. The normalized spacial score (nSPS) is 12.5. The number of anilines is 1. The zero-order valence-corrected chi connectivity index (χ0v) is 24.4. The first-order chi connectivity index (χ1) is 17.2. The Balaban J connectivity index is -0.000000475. The average molecular weight is 549 g/mol. The number of Topliss-reactive ketones (excluding diaryl/α,β-unsaturated/α-hetero) is 1. The first-order valence-corrected chi connectivity index (χ1v) is 12.4. The molecule has 4 nitrogen and oxygen atoms in total. The molecule has 0 spiro atoms. The summed E-state index contributed by atoms with van der Waals surface area (Å²) in [5.74, 6) is -0.958. The van der Waals surface area contributed by atoms with E-state index in [1.165, 1.54) is 33.3 Å². The zero-order valence-electron chi connectivity index (χ0n) is 24.4. The van der Waals surface area contributed by atoms with Crippen molar-refractivity contribution in [2.75, 3.05) is 5.32 Å². The molecule has 0 bridgehead atoms. The smallest absolute Gasteiger partial charge is 0.311 e. The van der Waals surface area contributed by atoms with E-state index in [0.29, 0.717) is 6.20 Å². The molecule has 1 N–H and O–H groups in total. The van der Waals surface area contributed by atoms with Crippen molar-refractivity contribution in [3.63, 3.8) is 0 Å². The van der Waals surface area contributed by atoms with Crippen LogP contribution < -0.4 is 5.32 Å². The third kappa shape index (κ3) is 23.6. The van der Waals surface area contributed by atoms with Crippen LogP contribution in [0.4, 0.5) is 27.8 Å². The molecule has 0 aliphatic heterocycles. The number of alkyl halides is 5. The van der Waals surface area contributed by atoms with Crippen molar-refractivity contribution in [2.45, 2.75) is 94.2 Å². The van der Waals surface area contributed by atoms with Gasteiger partial charge in [-0.15, -0.1) is 0 Å². The third-order valence-corrected chi connectivity index (χ3v) is 5.07. The van der Waals surface area contributed by atoms with Crippen molar-refractivity contribution in [1.29, 1.82) is 0 Å². The van der Waals surface area contributed by atoms with Crippen LogP contribution in [0.1, 0.15) is 87.6 Å². The highest BCUT2D eigenvalue weighted by molar-refractivity contribution is 5.89. The number of hydrogen-bond acceptors (Lipinski definition) is 3. The van der Waals surface area contributed by atoms with Crippen molar-refractivity contribution in [3.8, 4) is 0 Å². The number of nitrogens with one attached hydrogen (secondary N) is 1. The zero-order chi connectivity index (χ0) is 30.7. The SMILES string of the molecule is C=C/C(C)=C\C=C(/C)C(C)(F)F.CC(C)=O.CCC(=O)Nc1ccc(C(F)(F)F)cn1.CCC(C)C(C)C. The van der Waals surface area contributed by atoms with Crippen molar-refractivity contribution >= 4 is 17.5 Å². The molecule has 0 aliphatic carbocycles. The maximum atomic E-state index is 12.5. The molecule has 1 aromatic rings. The second-order valence-electron chi connectivity index (χ2n) is 9.22. The van der Waals surface area contributed by atoms with Gasteiger partial charge in [0, 0.05) is 19.5 Å². The molecule has 1 aromatic heterocycles. The van der Waals surface area contributed by atoms with Crippen LogP contribution in [0, 0.1) is 11.8 Å². The number of carbonyl (C=O) groups is 2. The van der Waals surface area contributed by atoms with Gasteiger partial charge < -0.3 is 10.1 Å². The Morgan fingerprint density at radius 3 is 1.76 bits per heavy atom. The molecule has 0 fully saturated rings. The molecule has 1 atom stereocenters. The number of amides is 1. The number of carbonyl (C=O) groups excluding carboxylic acids is 2. The highest BCUT2D eigenvalue weighted by Crippen LogP contribution is 2.28. The summed E-state index contributed by atoms with van der Waals surface area (Å²) in [5.41, 5.74) is 0.0966. The van der Waals surface area contributed by atoms with Crippen molar-refractivity contribution < 1.29 is 31.5 Å². The standard InChI is InChI=1S/C10H14F2.C9H9F3N2O.C7H16.C3H6O/c1-5-8(2)6-7-9(3)10(4,11)12;1-2-8(15)14-7-4-3-6(5-13-7)9(10,11)12;1-5-7(4)6(2)3;1-3(2)4/h5-7H,1H2,2-4H3;3-5H,2H2,1H3,(H,13,14,15);6-7H,5H2,1-4H3;1-2H3/b8-6-,9-7+;;;. The molecule has 0 aliphatic rings.